The number of carboxylic acids is 1. The number of nitrogens with one attached hydrogen (secondary N) is 9. The van der Waals surface area contributed by atoms with E-state index in [9.17, 15) is 63.3 Å². The first kappa shape index (κ1) is 70.7. The third-order valence-electron chi connectivity index (χ3n) is 13.0. The van der Waals surface area contributed by atoms with Crippen LogP contribution in [0.3, 0.4) is 0 Å². The van der Waals surface area contributed by atoms with Crippen LogP contribution < -0.4 is 71.2 Å². The average Bonchev–Trinajstić information content (AvgIpc) is 3.99. The van der Waals surface area contributed by atoms with Crippen LogP contribution in [0.2, 0.25) is 0 Å². The van der Waals surface area contributed by atoms with Crippen molar-refractivity contribution < 1.29 is 63.3 Å². The standard InChI is InChI=1S/C52H86N18O13/c1-7-14-36(50(82)83)65-48(80)40(28(3)8-2)67-38(73)26-70(22-13-21-60-52(56)57)39(74)25-61-47(79)41(30(5)71)69-49(81)42(31(6)72)68-46(78)37(23-33-24-58-27-62-33)66-45(77)35(19-18-32-15-10-9-11-16-32)64-43(75)29(4)63-44(76)34(53)17-12-20-59-51(54)55/h9-11,15-16,24,27-31,34-37,40-42,71-72H,7-8,12-14,17-23,25-26,53H2,1-6H3,(H,58,62)(H,61,79)(H,63,76)(H,64,75)(H,65,80)(H,66,77)(H,67,73)(H,68,78)(H,69,81)(H,82,83)(H4,54,55,59)(H4,56,57,60)/t28?,29-,30+,31+,34-,35-,36-,37-,40-,41-,42-/m0/s1. The van der Waals surface area contributed by atoms with Gasteiger partial charge in [-0.2, -0.15) is 0 Å². The zero-order valence-corrected chi connectivity index (χ0v) is 47.9. The summed E-state index contributed by atoms with van der Waals surface area (Å²) < 4.78 is 0. The minimum Gasteiger partial charge on any atom is -0.480 e. The number of hydrogen-bond donors (Lipinski definition) is 17. The minimum atomic E-state index is -1.85. The molecule has 2 aromatic rings. The maximum absolute atomic E-state index is 14.2. The predicted octanol–water partition coefficient (Wildman–Crippen LogP) is -5.32. The highest BCUT2D eigenvalue weighted by Crippen LogP contribution is 2.12. The van der Waals surface area contributed by atoms with Crippen LogP contribution in [0.15, 0.2) is 52.8 Å². The normalized spacial score (nSPS) is 15.0. The Balaban J connectivity index is 2.32. The van der Waals surface area contributed by atoms with Gasteiger partial charge in [-0.05, 0) is 70.8 Å². The van der Waals surface area contributed by atoms with E-state index in [0.29, 0.717) is 25.0 Å². The van der Waals surface area contributed by atoms with Gasteiger partial charge < -0.3 is 96.4 Å². The van der Waals surface area contributed by atoms with Crippen LogP contribution in [0.25, 0.3) is 0 Å². The van der Waals surface area contributed by atoms with Crippen molar-refractivity contribution in [3.8, 4) is 0 Å². The number of hydrogen-bond acceptors (Lipinski definition) is 16. The lowest BCUT2D eigenvalue weighted by atomic mass is 9.97. The lowest BCUT2D eigenvalue weighted by Gasteiger charge is -2.29. The van der Waals surface area contributed by atoms with Crippen LogP contribution in [0.1, 0.15) is 97.7 Å². The van der Waals surface area contributed by atoms with Crippen molar-refractivity contribution in [2.75, 3.05) is 32.7 Å². The van der Waals surface area contributed by atoms with Crippen LogP contribution in [-0.4, -0.2) is 195 Å². The molecule has 1 aromatic carbocycles. The van der Waals surface area contributed by atoms with E-state index in [1.165, 1.54) is 19.4 Å². The smallest absolute Gasteiger partial charge is 0.326 e. The molecule has 11 atom stereocenters. The third kappa shape index (κ3) is 26.3. The van der Waals surface area contributed by atoms with E-state index in [0.717, 1.165) is 24.3 Å². The molecule has 0 saturated heterocycles. The van der Waals surface area contributed by atoms with Crippen molar-refractivity contribution in [2.24, 2.45) is 44.6 Å². The summed E-state index contributed by atoms with van der Waals surface area (Å²) in [5.74, 6) is -10.1. The first-order valence-electron chi connectivity index (χ1n) is 27.3. The van der Waals surface area contributed by atoms with E-state index in [2.05, 4.69) is 62.5 Å². The SMILES string of the molecule is CCC[C@H](NC(=O)[C@@H](NC(=O)CN(CCCN=C(N)N)C(=O)CNC(=O)[C@@H](NC(=O)[C@@H](NC(=O)[C@H](Cc1cnc[nH]1)NC(=O)[C@H](CCc1ccccc1)NC(=O)[C@H](C)NC(=O)[C@@H](N)CCCN=C(N)N)[C@@H](C)O)[C@@H](C)O)C(C)CC)C(=O)O. The van der Waals surface area contributed by atoms with Crippen molar-refractivity contribution in [1.29, 1.82) is 0 Å². The highest BCUT2D eigenvalue weighted by Gasteiger charge is 2.36. The first-order valence-corrected chi connectivity index (χ1v) is 27.3. The quantitative estimate of drug-likeness (QED) is 0.0170. The van der Waals surface area contributed by atoms with Gasteiger partial charge in [0.15, 0.2) is 11.9 Å². The number of carbonyl (C=O) groups is 10. The summed E-state index contributed by atoms with van der Waals surface area (Å²) in [6, 6.07) is -2.16. The minimum absolute atomic E-state index is 0.000877. The molecule has 0 saturated carbocycles. The Labute approximate surface area is 481 Å². The molecule has 9 amide bonds. The van der Waals surface area contributed by atoms with Gasteiger partial charge in [-0.3, -0.25) is 53.1 Å². The van der Waals surface area contributed by atoms with Gasteiger partial charge in [-0.15, -0.1) is 0 Å². The predicted molar refractivity (Wildman–Crippen MR) is 304 cm³/mol. The van der Waals surface area contributed by atoms with Gasteiger partial charge in [-0.25, -0.2) is 9.78 Å². The van der Waals surface area contributed by atoms with Gasteiger partial charge in [0.05, 0.1) is 37.7 Å². The summed E-state index contributed by atoms with van der Waals surface area (Å²) in [5, 5.41) is 51.0. The number of nitrogens with zero attached hydrogens (tertiary/aromatic N) is 4. The van der Waals surface area contributed by atoms with Crippen LogP contribution in [0, 0.1) is 5.92 Å². The zero-order valence-electron chi connectivity index (χ0n) is 47.9. The molecule has 22 N–H and O–H groups in total. The van der Waals surface area contributed by atoms with Crippen molar-refractivity contribution >= 4 is 71.1 Å². The molecule has 2 rings (SSSR count). The fourth-order valence-electron chi connectivity index (χ4n) is 8.01. The molecular weight excluding hydrogens is 1080 g/mol. The van der Waals surface area contributed by atoms with Crippen molar-refractivity contribution in [2.45, 2.75) is 160 Å². The molecule has 0 bridgehead atoms. The summed E-state index contributed by atoms with van der Waals surface area (Å²) in [7, 11) is 0. The van der Waals surface area contributed by atoms with E-state index >= 15 is 0 Å². The van der Waals surface area contributed by atoms with E-state index < -0.39 is 139 Å². The van der Waals surface area contributed by atoms with E-state index in [1.54, 1.807) is 51.1 Å². The van der Waals surface area contributed by atoms with Gasteiger partial charge in [0.25, 0.3) is 0 Å². The zero-order chi connectivity index (χ0) is 62.3. The summed E-state index contributed by atoms with van der Waals surface area (Å²) in [5.41, 5.74) is 28.8. The Hall–Kier alpha value is -8.45. The molecule has 0 aliphatic carbocycles. The Bertz CT molecular complexity index is 2490. The summed E-state index contributed by atoms with van der Waals surface area (Å²) in [6.45, 7) is 7.50. The lowest BCUT2D eigenvalue weighted by Crippen LogP contribution is -2.62. The third-order valence-corrected chi connectivity index (χ3v) is 13.0. The van der Waals surface area contributed by atoms with Gasteiger partial charge in [0.2, 0.25) is 53.2 Å². The summed E-state index contributed by atoms with van der Waals surface area (Å²) in [4.78, 5) is 150. The molecule has 0 aliphatic heterocycles. The molecule has 0 spiro atoms. The first-order chi connectivity index (χ1) is 39.2. The van der Waals surface area contributed by atoms with Gasteiger partial charge in [0, 0.05) is 37.9 Å². The second-order valence-corrected chi connectivity index (χ2v) is 20.0. The number of nitrogens with two attached hydrogens (primary N) is 5. The van der Waals surface area contributed by atoms with Crippen LogP contribution in [0.5, 0.6) is 0 Å². The monoisotopic (exact) mass is 1170 g/mol. The fraction of sp³-hybridized carbons (Fsp3) is 0.596. The molecule has 1 heterocycles. The van der Waals surface area contributed by atoms with Crippen molar-refractivity contribution in [3.05, 3.63) is 54.1 Å². The van der Waals surface area contributed by atoms with Crippen molar-refractivity contribution in [1.82, 2.24) is 57.4 Å². The number of aromatic nitrogens is 2. The number of aliphatic imine (C=N–C) groups is 2. The number of rotatable bonds is 38. The van der Waals surface area contributed by atoms with Crippen LogP contribution in [0.4, 0.5) is 0 Å². The number of carboxylic acid groups (broad SMARTS) is 1. The van der Waals surface area contributed by atoms with Crippen LogP contribution in [-0.2, 0) is 60.8 Å². The maximum atomic E-state index is 14.2. The molecule has 0 fully saturated rings. The largest absolute Gasteiger partial charge is 0.480 e. The number of imidazole rings is 1. The number of aliphatic carboxylic acids is 1. The highest BCUT2D eigenvalue weighted by molar-refractivity contribution is 5.98. The van der Waals surface area contributed by atoms with Gasteiger partial charge >= 0.3 is 5.97 Å². The summed E-state index contributed by atoms with van der Waals surface area (Å²) in [6.07, 6.45) is 1.02. The Morgan fingerprint density at radius 2 is 1.22 bits per heavy atom. The topological polar surface area (TPSA) is 514 Å². The van der Waals surface area contributed by atoms with Gasteiger partial charge in [-0.1, -0.05) is 63.9 Å². The molecule has 1 unspecified atom stereocenters. The second kappa shape index (κ2) is 36.8. The molecule has 31 nitrogen and oxygen atoms in total. The molecule has 462 valence electrons. The van der Waals surface area contributed by atoms with E-state index in [4.69, 9.17) is 28.7 Å². The highest BCUT2D eigenvalue weighted by atomic mass is 16.4. The molecule has 0 aliphatic rings. The number of guanidine groups is 2. The van der Waals surface area contributed by atoms with Crippen molar-refractivity contribution in [3.63, 3.8) is 0 Å². The summed E-state index contributed by atoms with van der Waals surface area (Å²) >= 11 is 0. The molecule has 31 heteroatoms. The number of aryl methyl sites for hydroxylation is 1. The average molecular weight is 1170 g/mol. The van der Waals surface area contributed by atoms with E-state index in [-0.39, 0.29) is 70.1 Å². The fourth-order valence-corrected chi connectivity index (χ4v) is 8.01. The van der Waals surface area contributed by atoms with E-state index in [1.807, 2.05) is 0 Å². The number of H-pyrrole nitrogens is 1. The second-order valence-electron chi connectivity index (χ2n) is 20.0. The number of aliphatic hydroxyl groups excluding tert-OH is 2. The number of amides is 9. The lowest BCUT2D eigenvalue weighted by molar-refractivity contribution is -0.143. The van der Waals surface area contributed by atoms with Gasteiger partial charge in [0.1, 0.15) is 42.3 Å². The molecule has 83 heavy (non-hydrogen) atoms. The number of benzene rings is 1. The molecular formula is C52H86N18O13. The molecule has 0 radical (unpaired) electrons. The Kier molecular flexibility index (Phi) is 31.3. The number of aliphatic hydroxyl groups is 2. The number of aromatic amines is 1. The molecule has 1 aromatic heterocycles. The van der Waals surface area contributed by atoms with Crippen LogP contribution >= 0.6 is 0 Å². The maximum Gasteiger partial charge on any atom is 0.326 e. The Morgan fingerprint density at radius 3 is 1.78 bits per heavy atom. The number of carbonyl (C=O) groups excluding carboxylic acids is 9. The Morgan fingerprint density at radius 1 is 0.651 bits per heavy atom.